The largest absolute Gasteiger partial charge is 0.313 e. The van der Waals surface area contributed by atoms with Crippen molar-refractivity contribution in [3.63, 3.8) is 0 Å². The molecule has 3 nitrogen and oxygen atoms in total. The van der Waals surface area contributed by atoms with Crippen molar-refractivity contribution in [3.8, 4) is 0 Å². The highest BCUT2D eigenvalue weighted by Crippen LogP contribution is 2.30. The molecular formula is C12H25NO2S2. The van der Waals surface area contributed by atoms with E-state index in [0.29, 0.717) is 22.3 Å². The molecule has 1 aliphatic rings. The maximum atomic E-state index is 11.3. The van der Waals surface area contributed by atoms with Gasteiger partial charge >= 0.3 is 0 Å². The van der Waals surface area contributed by atoms with Gasteiger partial charge in [-0.2, -0.15) is 11.8 Å². The normalized spacial score (nSPS) is 21.6. The quantitative estimate of drug-likeness (QED) is 0.808. The third-order valence-corrected chi connectivity index (χ3v) is 7.29. The van der Waals surface area contributed by atoms with E-state index in [2.05, 4.69) is 25.4 Å². The molecule has 0 radical (unpaired) electrons. The molecule has 0 aromatic rings. The van der Waals surface area contributed by atoms with Gasteiger partial charge in [0.15, 0.2) is 0 Å². The molecule has 102 valence electrons. The van der Waals surface area contributed by atoms with Crippen molar-refractivity contribution in [2.24, 2.45) is 0 Å². The van der Waals surface area contributed by atoms with E-state index < -0.39 is 9.84 Å². The molecule has 0 atom stereocenters. The van der Waals surface area contributed by atoms with Crippen LogP contribution in [-0.2, 0) is 9.84 Å². The molecule has 1 N–H and O–H groups in total. The van der Waals surface area contributed by atoms with E-state index in [1.165, 1.54) is 0 Å². The molecule has 0 saturated carbocycles. The minimum Gasteiger partial charge on any atom is -0.313 e. The zero-order valence-electron chi connectivity index (χ0n) is 11.2. The average molecular weight is 279 g/mol. The average Bonchev–Trinajstić information content (AvgIpc) is 2.33. The number of rotatable bonds is 6. The number of sulfone groups is 1. The van der Waals surface area contributed by atoms with Crippen LogP contribution in [0.3, 0.4) is 0 Å². The maximum Gasteiger partial charge on any atom is 0.150 e. The van der Waals surface area contributed by atoms with E-state index in [1.807, 2.05) is 11.8 Å². The second-order valence-electron chi connectivity index (χ2n) is 4.90. The van der Waals surface area contributed by atoms with E-state index in [0.717, 1.165) is 32.2 Å². The molecule has 1 saturated heterocycles. The van der Waals surface area contributed by atoms with Crippen LogP contribution in [0, 0.1) is 0 Å². The Kier molecular flexibility index (Phi) is 5.80. The fourth-order valence-corrected chi connectivity index (χ4v) is 4.58. The molecule has 5 heteroatoms. The van der Waals surface area contributed by atoms with Crippen molar-refractivity contribution in [2.45, 2.75) is 50.3 Å². The summed E-state index contributed by atoms with van der Waals surface area (Å²) >= 11 is 1.92. The topological polar surface area (TPSA) is 46.2 Å². The summed E-state index contributed by atoms with van der Waals surface area (Å²) in [5, 5.41) is 3.57. The summed E-state index contributed by atoms with van der Waals surface area (Å²) in [4.78, 5) is 0. The van der Waals surface area contributed by atoms with E-state index in [9.17, 15) is 8.42 Å². The first-order valence-corrected chi connectivity index (χ1v) is 9.50. The smallest absolute Gasteiger partial charge is 0.150 e. The first-order chi connectivity index (χ1) is 7.97. The Morgan fingerprint density at radius 2 is 1.76 bits per heavy atom. The van der Waals surface area contributed by atoms with Crippen molar-refractivity contribution in [1.82, 2.24) is 5.32 Å². The molecule has 1 fully saturated rings. The zero-order chi connectivity index (χ0) is 12.9. The van der Waals surface area contributed by atoms with Crippen LogP contribution in [0.5, 0.6) is 0 Å². The monoisotopic (exact) mass is 279 g/mol. The number of nitrogens with one attached hydrogen (secondary N) is 1. The molecule has 0 aliphatic carbocycles. The van der Waals surface area contributed by atoms with E-state index >= 15 is 0 Å². The van der Waals surface area contributed by atoms with Crippen molar-refractivity contribution in [3.05, 3.63) is 0 Å². The highest BCUT2D eigenvalue weighted by atomic mass is 32.2. The Bertz CT molecular complexity index is 301. The van der Waals surface area contributed by atoms with Gasteiger partial charge in [-0.25, -0.2) is 8.42 Å². The van der Waals surface area contributed by atoms with Crippen molar-refractivity contribution >= 4 is 21.6 Å². The van der Waals surface area contributed by atoms with Crippen molar-refractivity contribution < 1.29 is 8.42 Å². The lowest BCUT2D eigenvalue weighted by molar-refractivity contribution is 0.414. The molecule has 17 heavy (non-hydrogen) atoms. The van der Waals surface area contributed by atoms with Gasteiger partial charge in [0.05, 0.1) is 11.5 Å². The third kappa shape index (κ3) is 4.45. The highest BCUT2D eigenvalue weighted by Gasteiger charge is 2.28. The summed E-state index contributed by atoms with van der Waals surface area (Å²) in [6.07, 6.45) is 6.03. The minimum absolute atomic E-state index is 0.316. The second-order valence-corrected chi connectivity index (χ2v) is 8.48. The number of thioether (sulfide) groups is 1. The fraction of sp³-hybridized carbons (Fsp3) is 1.00. The SMILES string of the molecule is CCC(CC)(CNC1CCS(=O)(=O)CC1)SC. The summed E-state index contributed by atoms with van der Waals surface area (Å²) in [5.74, 6) is 0.713. The van der Waals surface area contributed by atoms with Gasteiger partial charge in [-0.3, -0.25) is 0 Å². The zero-order valence-corrected chi connectivity index (χ0v) is 12.8. The molecule has 0 spiro atoms. The summed E-state index contributed by atoms with van der Waals surface area (Å²) in [6.45, 7) is 5.45. The Morgan fingerprint density at radius 3 is 2.18 bits per heavy atom. The summed E-state index contributed by atoms with van der Waals surface area (Å²) in [6, 6.07) is 0.392. The Balaban J connectivity index is 2.41. The minimum atomic E-state index is -2.73. The molecule has 0 unspecified atom stereocenters. The lowest BCUT2D eigenvalue weighted by Crippen LogP contribution is -2.44. The van der Waals surface area contributed by atoms with Crippen LogP contribution in [0.2, 0.25) is 0 Å². The number of hydrogen-bond donors (Lipinski definition) is 1. The third-order valence-electron chi connectivity index (χ3n) is 3.99. The maximum absolute atomic E-state index is 11.3. The summed E-state index contributed by atoms with van der Waals surface area (Å²) < 4.78 is 23.0. The standard InChI is InChI=1S/C12H25NO2S2/c1-4-12(5-2,16-3)10-13-11-6-8-17(14,15)9-7-11/h11,13H,4-10H2,1-3H3. The first-order valence-electron chi connectivity index (χ1n) is 6.46. The van der Waals surface area contributed by atoms with Crippen molar-refractivity contribution in [2.75, 3.05) is 24.3 Å². The van der Waals surface area contributed by atoms with Crippen LogP contribution in [-0.4, -0.2) is 43.5 Å². The van der Waals surface area contributed by atoms with Gasteiger partial charge in [-0.1, -0.05) is 13.8 Å². The molecular weight excluding hydrogens is 254 g/mol. The van der Waals surface area contributed by atoms with E-state index in [-0.39, 0.29) is 0 Å². The Morgan fingerprint density at radius 1 is 1.24 bits per heavy atom. The first kappa shape index (κ1) is 15.3. The van der Waals surface area contributed by atoms with Gasteiger partial charge in [-0.05, 0) is 31.9 Å². The predicted molar refractivity (Wildman–Crippen MR) is 76.5 cm³/mol. The van der Waals surface area contributed by atoms with E-state index in [1.54, 1.807) is 0 Å². The van der Waals surface area contributed by atoms with Gasteiger partial charge in [0.25, 0.3) is 0 Å². The molecule has 1 rings (SSSR count). The Labute approximate surface area is 110 Å². The van der Waals surface area contributed by atoms with Gasteiger partial charge in [0, 0.05) is 17.3 Å². The second kappa shape index (κ2) is 6.43. The predicted octanol–water partition coefficient (Wildman–Crippen LogP) is 2.08. The fourth-order valence-electron chi connectivity index (χ4n) is 2.29. The summed E-state index contributed by atoms with van der Waals surface area (Å²) in [7, 11) is -2.73. The number of hydrogen-bond acceptors (Lipinski definition) is 4. The lowest BCUT2D eigenvalue weighted by atomic mass is 10.0. The molecule has 1 aliphatic heterocycles. The molecule has 1 heterocycles. The van der Waals surface area contributed by atoms with Crippen LogP contribution in [0.4, 0.5) is 0 Å². The highest BCUT2D eigenvalue weighted by molar-refractivity contribution is 8.00. The van der Waals surface area contributed by atoms with Crippen LogP contribution in [0.1, 0.15) is 39.5 Å². The van der Waals surface area contributed by atoms with Gasteiger partial charge in [0.2, 0.25) is 0 Å². The van der Waals surface area contributed by atoms with Gasteiger partial charge in [-0.15, -0.1) is 0 Å². The molecule has 0 bridgehead atoms. The summed E-state index contributed by atoms with van der Waals surface area (Å²) in [5.41, 5.74) is 0. The van der Waals surface area contributed by atoms with E-state index in [4.69, 9.17) is 0 Å². The van der Waals surface area contributed by atoms with Crippen molar-refractivity contribution in [1.29, 1.82) is 0 Å². The van der Waals surface area contributed by atoms with Gasteiger partial charge in [0.1, 0.15) is 9.84 Å². The lowest BCUT2D eigenvalue weighted by Gasteiger charge is -2.33. The molecule has 0 amide bonds. The molecule has 0 aromatic heterocycles. The van der Waals surface area contributed by atoms with Crippen LogP contribution in [0.25, 0.3) is 0 Å². The van der Waals surface area contributed by atoms with Crippen LogP contribution in [0.15, 0.2) is 0 Å². The van der Waals surface area contributed by atoms with Crippen LogP contribution >= 0.6 is 11.8 Å². The van der Waals surface area contributed by atoms with Crippen LogP contribution < -0.4 is 5.32 Å². The molecule has 0 aromatic carbocycles. The Hall–Kier alpha value is 0.260. The van der Waals surface area contributed by atoms with Gasteiger partial charge < -0.3 is 5.32 Å².